The van der Waals surface area contributed by atoms with Crippen molar-refractivity contribution < 1.29 is 14.3 Å². The summed E-state index contributed by atoms with van der Waals surface area (Å²) in [5.74, 6) is 0.589. The molecular formula is C18H19NO3. The Balaban J connectivity index is 1.64. The number of carbonyl (C=O) groups is 1. The zero-order valence-corrected chi connectivity index (χ0v) is 12.2. The van der Waals surface area contributed by atoms with Gasteiger partial charge in [-0.05, 0) is 42.5 Å². The summed E-state index contributed by atoms with van der Waals surface area (Å²) in [6.45, 7) is 0.211. The van der Waals surface area contributed by atoms with Crippen molar-refractivity contribution in [2.75, 3.05) is 6.54 Å². The molecule has 1 aliphatic carbocycles. The third-order valence-electron chi connectivity index (χ3n) is 4.00. The minimum Gasteiger partial charge on any atom is -0.465 e. The third-order valence-corrected chi connectivity index (χ3v) is 4.00. The van der Waals surface area contributed by atoms with Crippen LogP contribution in [0, 0.1) is 5.92 Å². The van der Waals surface area contributed by atoms with Crippen molar-refractivity contribution in [3.8, 4) is 0 Å². The third kappa shape index (κ3) is 3.28. The number of hydrogen-bond donors (Lipinski definition) is 2. The molecule has 0 bridgehead atoms. The maximum absolute atomic E-state index is 11.9. The zero-order chi connectivity index (χ0) is 15.4. The molecular weight excluding hydrogens is 278 g/mol. The van der Waals surface area contributed by atoms with Crippen molar-refractivity contribution in [2.24, 2.45) is 5.92 Å². The lowest BCUT2D eigenvalue weighted by Crippen LogP contribution is -2.42. The van der Waals surface area contributed by atoms with Crippen LogP contribution in [0.15, 0.2) is 59.2 Å². The van der Waals surface area contributed by atoms with E-state index in [1.165, 1.54) is 6.08 Å². The van der Waals surface area contributed by atoms with Crippen molar-refractivity contribution in [2.45, 2.75) is 18.4 Å². The van der Waals surface area contributed by atoms with Gasteiger partial charge in [-0.25, -0.2) is 0 Å². The number of rotatable bonds is 6. The lowest BCUT2D eigenvalue weighted by molar-refractivity contribution is -0.118. The molecule has 1 aliphatic rings. The number of hydrogen-bond acceptors (Lipinski definition) is 3. The molecule has 2 aromatic rings. The van der Waals surface area contributed by atoms with Crippen LogP contribution in [-0.2, 0) is 10.4 Å². The fourth-order valence-electron chi connectivity index (χ4n) is 2.59. The van der Waals surface area contributed by atoms with E-state index in [2.05, 4.69) is 5.32 Å². The van der Waals surface area contributed by atoms with Gasteiger partial charge in [0.25, 0.3) is 0 Å². The summed E-state index contributed by atoms with van der Waals surface area (Å²) in [4.78, 5) is 11.9. The predicted octanol–water partition coefficient (Wildman–Crippen LogP) is 2.71. The number of aliphatic hydroxyl groups is 1. The van der Waals surface area contributed by atoms with Gasteiger partial charge in [0.05, 0.1) is 12.8 Å². The molecule has 0 unspecified atom stereocenters. The summed E-state index contributed by atoms with van der Waals surface area (Å²) >= 11 is 0. The largest absolute Gasteiger partial charge is 0.465 e. The van der Waals surface area contributed by atoms with Crippen LogP contribution in [0.3, 0.4) is 0 Å². The number of amides is 1. The Hall–Kier alpha value is -2.33. The van der Waals surface area contributed by atoms with Gasteiger partial charge in [0.1, 0.15) is 11.4 Å². The zero-order valence-electron chi connectivity index (χ0n) is 12.2. The van der Waals surface area contributed by atoms with Crippen molar-refractivity contribution >= 4 is 12.0 Å². The monoisotopic (exact) mass is 297 g/mol. The van der Waals surface area contributed by atoms with Gasteiger partial charge in [-0.3, -0.25) is 4.79 Å². The van der Waals surface area contributed by atoms with Crippen molar-refractivity contribution in [3.63, 3.8) is 0 Å². The smallest absolute Gasteiger partial charge is 0.244 e. The first-order valence-corrected chi connectivity index (χ1v) is 7.46. The molecule has 1 fully saturated rings. The second-order valence-corrected chi connectivity index (χ2v) is 5.63. The van der Waals surface area contributed by atoms with E-state index in [9.17, 15) is 9.90 Å². The fourth-order valence-corrected chi connectivity index (χ4v) is 2.59. The summed E-state index contributed by atoms with van der Waals surface area (Å²) in [6.07, 6.45) is 6.55. The van der Waals surface area contributed by atoms with Crippen LogP contribution >= 0.6 is 0 Å². The minimum atomic E-state index is -0.991. The van der Waals surface area contributed by atoms with Gasteiger partial charge in [0.2, 0.25) is 5.91 Å². The summed E-state index contributed by atoms with van der Waals surface area (Å²) in [5, 5.41) is 13.8. The quantitative estimate of drug-likeness (QED) is 0.806. The van der Waals surface area contributed by atoms with E-state index in [-0.39, 0.29) is 18.4 Å². The van der Waals surface area contributed by atoms with E-state index in [4.69, 9.17) is 4.42 Å². The van der Waals surface area contributed by atoms with Gasteiger partial charge in [-0.2, -0.15) is 0 Å². The lowest BCUT2D eigenvalue weighted by atomic mass is 9.88. The first kappa shape index (κ1) is 14.6. The van der Waals surface area contributed by atoms with Gasteiger partial charge < -0.3 is 14.8 Å². The number of furan rings is 1. The molecule has 1 saturated carbocycles. The average molecular weight is 297 g/mol. The SMILES string of the molecule is O=C(/C=C/c1ccco1)NC[C@](O)(c1ccccc1)C1CC1. The van der Waals surface area contributed by atoms with Crippen molar-refractivity contribution in [3.05, 3.63) is 66.1 Å². The van der Waals surface area contributed by atoms with Crippen LogP contribution in [0.4, 0.5) is 0 Å². The van der Waals surface area contributed by atoms with E-state index in [0.717, 1.165) is 18.4 Å². The van der Waals surface area contributed by atoms with Crippen LogP contribution in [0.2, 0.25) is 0 Å². The number of carbonyl (C=O) groups excluding carboxylic acids is 1. The first-order chi connectivity index (χ1) is 10.7. The van der Waals surface area contributed by atoms with Gasteiger partial charge in [-0.1, -0.05) is 30.3 Å². The number of benzene rings is 1. The highest BCUT2D eigenvalue weighted by Crippen LogP contribution is 2.45. The molecule has 1 heterocycles. The van der Waals surface area contributed by atoms with E-state index in [0.29, 0.717) is 5.76 Å². The molecule has 1 amide bonds. The summed E-state index contributed by atoms with van der Waals surface area (Å²) in [5.41, 5.74) is -0.136. The maximum Gasteiger partial charge on any atom is 0.244 e. The first-order valence-electron chi connectivity index (χ1n) is 7.46. The van der Waals surface area contributed by atoms with E-state index in [1.807, 2.05) is 30.3 Å². The molecule has 4 heteroatoms. The van der Waals surface area contributed by atoms with Gasteiger partial charge >= 0.3 is 0 Å². The normalized spacial score (nSPS) is 17.3. The number of nitrogens with one attached hydrogen (secondary N) is 1. The van der Waals surface area contributed by atoms with Crippen LogP contribution in [-0.4, -0.2) is 17.6 Å². The Kier molecular flexibility index (Phi) is 4.11. The highest BCUT2D eigenvalue weighted by molar-refractivity contribution is 5.91. The molecule has 0 radical (unpaired) electrons. The van der Waals surface area contributed by atoms with Gasteiger partial charge in [0.15, 0.2) is 0 Å². The Morgan fingerprint density at radius 3 is 2.68 bits per heavy atom. The van der Waals surface area contributed by atoms with Crippen LogP contribution in [0.25, 0.3) is 6.08 Å². The summed E-state index contributed by atoms with van der Waals surface area (Å²) in [7, 11) is 0. The maximum atomic E-state index is 11.9. The summed E-state index contributed by atoms with van der Waals surface area (Å²) < 4.78 is 5.13. The second kappa shape index (κ2) is 6.20. The van der Waals surface area contributed by atoms with Crippen LogP contribution in [0.1, 0.15) is 24.2 Å². The molecule has 0 saturated heterocycles. The molecule has 1 atom stereocenters. The Morgan fingerprint density at radius 1 is 1.27 bits per heavy atom. The molecule has 114 valence electrons. The van der Waals surface area contributed by atoms with Crippen molar-refractivity contribution in [1.29, 1.82) is 0 Å². The summed E-state index contributed by atoms with van der Waals surface area (Å²) in [6, 6.07) is 13.1. The van der Waals surface area contributed by atoms with Gasteiger partial charge in [0, 0.05) is 6.08 Å². The standard InChI is InChI=1S/C18H19NO3/c20-17(11-10-16-7-4-12-22-16)19-13-18(21,15-8-9-15)14-5-2-1-3-6-14/h1-7,10-12,15,21H,8-9,13H2,(H,19,20)/b11-10+/t18-/m0/s1. The molecule has 2 N–H and O–H groups in total. The highest BCUT2D eigenvalue weighted by atomic mass is 16.3. The highest BCUT2D eigenvalue weighted by Gasteiger charge is 2.45. The molecule has 1 aromatic heterocycles. The Labute approximate surface area is 129 Å². The second-order valence-electron chi connectivity index (χ2n) is 5.63. The van der Waals surface area contributed by atoms with E-state index >= 15 is 0 Å². The topological polar surface area (TPSA) is 62.5 Å². The van der Waals surface area contributed by atoms with Crippen LogP contribution in [0.5, 0.6) is 0 Å². The minimum absolute atomic E-state index is 0.211. The molecule has 1 aromatic carbocycles. The molecule has 3 rings (SSSR count). The molecule has 0 aliphatic heterocycles. The van der Waals surface area contributed by atoms with Crippen molar-refractivity contribution in [1.82, 2.24) is 5.32 Å². The average Bonchev–Trinajstić information content (AvgIpc) is 3.29. The Morgan fingerprint density at radius 2 is 2.05 bits per heavy atom. The predicted molar refractivity (Wildman–Crippen MR) is 83.8 cm³/mol. The molecule has 4 nitrogen and oxygen atoms in total. The lowest BCUT2D eigenvalue weighted by Gasteiger charge is -2.29. The van der Waals surface area contributed by atoms with Gasteiger partial charge in [-0.15, -0.1) is 0 Å². The van der Waals surface area contributed by atoms with E-state index in [1.54, 1.807) is 24.5 Å². The Bertz CT molecular complexity index is 644. The van der Waals surface area contributed by atoms with Crippen LogP contribution < -0.4 is 5.32 Å². The fraction of sp³-hybridized carbons (Fsp3) is 0.278. The molecule has 0 spiro atoms. The van der Waals surface area contributed by atoms with E-state index < -0.39 is 5.60 Å². The molecule has 22 heavy (non-hydrogen) atoms.